The Labute approximate surface area is 102 Å². The van der Waals surface area contributed by atoms with E-state index >= 15 is 0 Å². The molecule has 3 nitrogen and oxygen atoms in total. The van der Waals surface area contributed by atoms with Gasteiger partial charge in [-0.15, -0.1) is 11.8 Å². The van der Waals surface area contributed by atoms with E-state index in [9.17, 15) is 4.79 Å². The fraction of sp³-hybridized carbons (Fsp3) is 0.357. The number of carbonyl (C=O) groups excluding carboxylic acids is 1. The molecule has 3 heteroatoms. The first-order valence-electron chi connectivity index (χ1n) is 5.86. The fourth-order valence-corrected chi connectivity index (χ4v) is 1.91. The van der Waals surface area contributed by atoms with E-state index in [-0.39, 0.29) is 5.91 Å². The van der Waals surface area contributed by atoms with Crippen LogP contribution in [0.25, 0.3) is 0 Å². The monoisotopic (exact) mass is 228 g/mol. The van der Waals surface area contributed by atoms with Crippen molar-refractivity contribution in [2.45, 2.75) is 19.8 Å². The molecule has 1 aromatic carbocycles. The van der Waals surface area contributed by atoms with Crippen LogP contribution in [0.4, 0.5) is 5.69 Å². The third-order valence-electron chi connectivity index (χ3n) is 2.79. The largest absolute Gasteiger partial charge is 0.384 e. The van der Waals surface area contributed by atoms with E-state index in [2.05, 4.69) is 22.5 Å². The molecule has 0 saturated carbocycles. The molecule has 0 atom stereocenters. The van der Waals surface area contributed by atoms with Crippen molar-refractivity contribution in [2.75, 3.05) is 18.4 Å². The van der Waals surface area contributed by atoms with Crippen molar-refractivity contribution in [3.05, 3.63) is 29.3 Å². The van der Waals surface area contributed by atoms with E-state index in [0.29, 0.717) is 13.0 Å². The maximum atomic E-state index is 11.8. The van der Waals surface area contributed by atoms with E-state index < -0.39 is 0 Å². The molecule has 1 amide bonds. The number of hydrogen-bond donors (Lipinski definition) is 2. The quantitative estimate of drug-likeness (QED) is 0.612. The minimum atomic E-state index is -0.0161. The fourth-order valence-electron chi connectivity index (χ4n) is 1.91. The smallest absolute Gasteiger partial charge is 0.251 e. The summed E-state index contributed by atoms with van der Waals surface area (Å²) in [6.45, 7) is 3.37. The van der Waals surface area contributed by atoms with Crippen molar-refractivity contribution in [2.24, 2.45) is 0 Å². The molecule has 0 unspecified atom stereocenters. The van der Waals surface area contributed by atoms with Crippen molar-refractivity contribution in [1.29, 1.82) is 0 Å². The van der Waals surface area contributed by atoms with Gasteiger partial charge in [-0.1, -0.05) is 0 Å². The Kier molecular flexibility index (Phi) is 3.66. The number of nitrogens with one attached hydrogen (secondary N) is 2. The first-order chi connectivity index (χ1) is 8.31. The highest BCUT2D eigenvalue weighted by Crippen LogP contribution is 2.22. The number of carbonyl (C=O) groups is 1. The highest BCUT2D eigenvalue weighted by Gasteiger charge is 2.12. The van der Waals surface area contributed by atoms with Gasteiger partial charge in [-0.3, -0.25) is 4.79 Å². The lowest BCUT2D eigenvalue weighted by molar-refractivity contribution is 0.0954. The lowest BCUT2D eigenvalue weighted by Crippen LogP contribution is -2.24. The average Bonchev–Trinajstić information content (AvgIpc) is 2.81. The van der Waals surface area contributed by atoms with Crippen LogP contribution in [0.3, 0.4) is 0 Å². The zero-order chi connectivity index (χ0) is 12.1. The predicted molar refractivity (Wildman–Crippen MR) is 69.0 cm³/mol. The zero-order valence-corrected chi connectivity index (χ0v) is 9.97. The van der Waals surface area contributed by atoms with Crippen LogP contribution >= 0.6 is 0 Å². The van der Waals surface area contributed by atoms with Gasteiger partial charge < -0.3 is 10.6 Å². The molecule has 0 aliphatic carbocycles. The van der Waals surface area contributed by atoms with Crippen LogP contribution in [0.2, 0.25) is 0 Å². The summed E-state index contributed by atoms with van der Waals surface area (Å²) in [6.07, 6.45) is 1.70. The van der Waals surface area contributed by atoms with Gasteiger partial charge in [0.05, 0.1) is 0 Å². The number of amides is 1. The number of anilines is 1. The molecule has 1 aliphatic heterocycles. The van der Waals surface area contributed by atoms with Gasteiger partial charge in [0.2, 0.25) is 0 Å². The molecular formula is C14H16N2O. The van der Waals surface area contributed by atoms with Crippen LogP contribution in [0.5, 0.6) is 0 Å². The molecule has 88 valence electrons. The Balaban J connectivity index is 1.96. The lowest BCUT2D eigenvalue weighted by atomic mass is 10.1. The molecule has 17 heavy (non-hydrogen) atoms. The van der Waals surface area contributed by atoms with Gasteiger partial charge in [-0.05, 0) is 37.1 Å². The summed E-state index contributed by atoms with van der Waals surface area (Å²) in [7, 11) is 0. The highest BCUT2D eigenvalue weighted by molar-refractivity contribution is 5.95. The van der Waals surface area contributed by atoms with Gasteiger partial charge in [0.25, 0.3) is 5.91 Å². The average molecular weight is 228 g/mol. The van der Waals surface area contributed by atoms with E-state index in [4.69, 9.17) is 0 Å². The molecule has 0 saturated heterocycles. The molecule has 0 radical (unpaired) electrons. The first-order valence-corrected chi connectivity index (χ1v) is 5.86. The molecular weight excluding hydrogens is 212 g/mol. The van der Waals surface area contributed by atoms with Gasteiger partial charge in [-0.2, -0.15) is 0 Å². The van der Waals surface area contributed by atoms with Crippen molar-refractivity contribution in [3.63, 3.8) is 0 Å². The van der Waals surface area contributed by atoms with Crippen molar-refractivity contribution >= 4 is 11.6 Å². The second kappa shape index (κ2) is 5.40. The summed E-state index contributed by atoms with van der Waals surface area (Å²) >= 11 is 0. The Morgan fingerprint density at radius 2 is 2.41 bits per heavy atom. The highest BCUT2D eigenvalue weighted by atomic mass is 16.1. The standard InChI is InChI=1S/C14H16N2O/c1-2-3-4-8-16-14(17)12-5-6-13-11(10-12)7-9-15-13/h5-6,10,15H,4,7-9H2,1H3,(H,16,17). The second-order valence-corrected chi connectivity index (χ2v) is 3.98. The molecule has 0 spiro atoms. The summed E-state index contributed by atoms with van der Waals surface area (Å²) < 4.78 is 0. The summed E-state index contributed by atoms with van der Waals surface area (Å²) in [6, 6.07) is 5.80. The third-order valence-corrected chi connectivity index (χ3v) is 2.79. The first kappa shape index (κ1) is 11.5. The third kappa shape index (κ3) is 2.79. The van der Waals surface area contributed by atoms with Gasteiger partial charge in [0.15, 0.2) is 0 Å². The molecule has 1 heterocycles. The molecule has 0 fully saturated rings. The summed E-state index contributed by atoms with van der Waals surface area (Å²) in [5.74, 6) is 5.71. The van der Waals surface area contributed by atoms with Gasteiger partial charge >= 0.3 is 0 Å². The maximum Gasteiger partial charge on any atom is 0.251 e. The van der Waals surface area contributed by atoms with Crippen molar-refractivity contribution < 1.29 is 4.79 Å². The van der Waals surface area contributed by atoms with Gasteiger partial charge in [-0.25, -0.2) is 0 Å². The van der Waals surface area contributed by atoms with Crippen LogP contribution in [0.1, 0.15) is 29.3 Å². The Hall–Kier alpha value is -1.95. The molecule has 1 aliphatic rings. The van der Waals surface area contributed by atoms with E-state index in [0.717, 1.165) is 24.2 Å². The minimum Gasteiger partial charge on any atom is -0.384 e. The van der Waals surface area contributed by atoms with Crippen molar-refractivity contribution in [1.82, 2.24) is 5.32 Å². The summed E-state index contributed by atoms with van der Waals surface area (Å²) in [5, 5.41) is 6.14. The molecule has 2 N–H and O–H groups in total. The second-order valence-electron chi connectivity index (χ2n) is 3.98. The van der Waals surface area contributed by atoms with Crippen LogP contribution < -0.4 is 10.6 Å². The molecule has 0 aromatic heterocycles. The predicted octanol–water partition coefficient (Wildman–Crippen LogP) is 1.80. The van der Waals surface area contributed by atoms with Crippen LogP contribution in [0.15, 0.2) is 18.2 Å². The Morgan fingerprint density at radius 3 is 3.24 bits per heavy atom. The molecule has 1 aromatic rings. The Morgan fingerprint density at radius 1 is 1.53 bits per heavy atom. The van der Waals surface area contributed by atoms with Crippen LogP contribution in [-0.2, 0) is 6.42 Å². The van der Waals surface area contributed by atoms with Gasteiger partial charge in [0.1, 0.15) is 0 Å². The number of fused-ring (bicyclic) bond motifs is 1. The number of hydrogen-bond acceptors (Lipinski definition) is 2. The Bertz CT molecular complexity index is 483. The lowest BCUT2D eigenvalue weighted by Gasteiger charge is -2.05. The van der Waals surface area contributed by atoms with Crippen LogP contribution in [0, 0.1) is 11.8 Å². The zero-order valence-electron chi connectivity index (χ0n) is 9.97. The minimum absolute atomic E-state index is 0.0161. The van der Waals surface area contributed by atoms with E-state index in [1.165, 1.54) is 5.56 Å². The normalized spacial score (nSPS) is 12.1. The number of benzene rings is 1. The summed E-state index contributed by atoms with van der Waals surface area (Å²) in [4.78, 5) is 11.8. The number of rotatable bonds is 3. The van der Waals surface area contributed by atoms with E-state index in [1.54, 1.807) is 6.92 Å². The summed E-state index contributed by atoms with van der Waals surface area (Å²) in [5.41, 5.74) is 3.11. The SMILES string of the molecule is CC#CCCNC(=O)c1ccc2c(c1)CCN2. The topological polar surface area (TPSA) is 41.1 Å². The van der Waals surface area contributed by atoms with Crippen molar-refractivity contribution in [3.8, 4) is 11.8 Å². The maximum absolute atomic E-state index is 11.8. The van der Waals surface area contributed by atoms with E-state index in [1.807, 2.05) is 18.2 Å². The van der Waals surface area contributed by atoms with Crippen LogP contribution in [-0.4, -0.2) is 19.0 Å². The molecule has 2 rings (SSSR count). The van der Waals surface area contributed by atoms with Gasteiger partial charge in [0, 0.05) is 30.8 Å². The molecule has 0 bridgehead atoms.